The van der Waals surface area contributed by atoms with E-state index < -0.39 is 17.4 Å². The molecule has 0 aliphatic heterocycles. The van der Waals surface area contributed by atoms with Crippen LogP contribution in [0.2, 0.25) is 0 Å². The van der Waals surface area contributed by atoms with Crippen LogP contribution in [0.4, 0.5) is 19.1 Å². The molecule has 0 spiro atoms. The number of likely N-dealkylation sites (N-methyl/N-ethyl adjacent to an activating group) is 1. The van der Waals surface area contributed by atoms with Crippen LogP contribution in [0.3, 0.4) is 0 Å². The van der Waals surface area contributed by atoms with Crippen molar-refractivity contribution >= 4 is 5.95 Å². The number of hydrogen-bond donors (Lipinski definition) is 1. The highest BCUT2D eigenvalue weighted by Gasteiger charge is 2.34. The lowest BCUT2D eigenvalue weighted by atomic mass is 10.3. The maximum absolute atomic E-state index is 12.8. The normalized spacial score (nSPS) is 11.9. The summed E-state index contributed by atoms with van der Waals surface area (Å²) < 4.78 is 43.7. The van der Waals surface area contributed by atoms with Crippen molar-refractivity contribution in [3.63, 3.8) is 0 Å². The predicted molar refractivity (Wildman–Crippen MR) is 78.2 cm³/mol. The number of aromatic nitrogens is 2. The molecule has 1 N–H and O–H groups in total. The smallest absolute Gasteiger partial charge is 0.433 e. The Kier molecular flexibility index (Phi) is 5.09. The van der Waals surface area contributed by atoms with Gasteiger partial charge in [-0.05, 0) is 26.2 Å². The van der Waals surface area contributed by atoms with Crippen LogP contribution in [-0.2, 0) is 12.7 Å². The number of H-pyrrole nitrogens is 1. The standard InChI is InChI=1S/C14H17F3N4O2/c1-20(2)5-6-21(9-10-4-3-7-23-10)13-18-11(14(15,16)17)8-12(22)19-13/h3-4,7-8H,5-6,9H2,1-2H3,(H,18,19,22). The zero-order valence-corrected chi connectivity index (χ0v) is 12.7. The molecule has 0 unspecified atom stereocenters. The minimum absolute atomic E-state index is 0.136. The molecule has 2 aromatic rings. The molecule has 0 atom stereocenters. The van der Waals surface area contributed by atoms with Crippen LogP contribution in [0.15, 0.2) is 33.7 Å². The second-order valence-electron chi connectivity index (χ2n) is 5.26. The lowest BCUT2D eigenvalue weighted by molar-refractivity contribution is -0.141. The molecule has 2 heterocycles. The van der Waals surface area contributed by atoms with Gasteiger partial charge in [0.25, 0.3) is 5.56 Å². The Morgan fingerprint density at radius 2 is 2.04 bits per heavy atom. The largest absolute Gasteiger partial charge is 0.467 e. The highest BCUT2D eigenvalue weighted by atomic mass is 19.4. The van der Waals surface area contributed by atoms with Gasteiger partial charge in [-0.15, -0.1) is 0 Å². The van der Waals surface area contributed by atoms with Gasteiger partial charge < -0.3 is 14.2 Å². The summed E-state index contributed by atoms with van der Waals surface area (Å²) in [6, 6.07) is 3.83. The first-order chi connectivity index (χ1) is 10.8. The van der Waals surface area contributed by atoms with Crippen LogP contribution >= 0.6 is 0 Å². The van der Waals surface area contributed by atoms with Crippen molar-refractivity contribution in [2.45, 2.75) is 12.7 Å². The summed E-state index contributed by atoms with van der Waals surface area (Å²) in [6.07, 6.45) is -3.21. The summed E-state index contributed by atoms with van der Waals surface area (Å²) in [4.78, 5) is 20.9. The van der Waals surface area contributed by atoms with E-state index in [-0.39, 0.29) is 12.5 Å². The van der Waals surface area contributed by atoms with Gasteiger partial charge in [0.15, 0.2) is 5.69 Å². The van der Waals surface area contributed by atoms with Gasteiger partial charge >= 0.3 is 6.18 Å². The first-order valence-electron chi connectivity index (χ1n) is 6.86. The Labute approximate surface area is 130 Å². The van der Waals surface area contributed by atoms with E-state index >= 15 is 0 Å². The van der Waals surface area contributed by atoms with Gasteiger partial charge in [0.1, 0.15) is 5.76 Å². The number of nitrogens with zero attached hydrogens (tertiary/aromatic N) is 3. The molecule has 126 valence electrons. The topological polar surface area (TPSA) is 65.4 Å². The van der Waals surface area contributed by atoms with Gasteiger partial charge in [0.05, 0.1) is 12.8 Å². The summed E-state index contributed by atoms with van der Waals surface area (Å²) in [6.45, 7) is 1.14. The summed E-state index contributed by atoms with van der Waals surface area (Å²) in [7, 11) is 3.68. The fourth-order valence-corrected chi connectivity index (χ4v) is 1.91. The molecule has 9 heteroatoms. The summed E-state index contributed by atoms with van der Waals surface area (Å²) in [5.41, 5.74) is -2.07. The van der Waals surface area contributed by atoms with Crippen LogP contribution in [0, 0.1) is 0 Å². The lowest BCUT2D eigenvalue weighted by Crippen LogP contribution is -2.34. The van der Waals surface area contributed by atoms with E-state index in [1.54, 1.807) is 12.1 Å². The summed E-state index contributed by atoms with van der Waals surface area (Å²) in [5.74, 6) is 0.423. The van der Waals surface area contributed by atoms with Gasteiger partial charge in [-0.2, -0.15) is 13.2 Å². The van der Waals surface area contributed by atoms with Gasteiger partial charge in [0, 0.05) is 19.2 Å². The molecule has 2 rings (SSSR count). The number of alkyl halides is 3. The average Bonchev–Trinajstić information content (AvgIpc) is 2.94. The third kappa shape index (κ3) is 4.85. The molecular formula is C14H17F3N4O2. The Hall–Kier alpha value is -2.29. The van der Waals surface area contributed by atoms with E-state index in [2.05, 4.69) is 9.97 Å². The molecule has 0 radical (unpaired) electrons. The lowest BCUT2D eigenvalue weighted by Gasteiger charge is -2.24. The first kappa shape index (κ1) is 17.1. The molecule has 6 nitrogen and oxygen atoms in total. The number of anilines is 1. The SMILES string of the molecule is CN(C)CCN(Cc1ccco1)c1nc(C(F)(F)F)cc(=O)[nH]1. The monoisotopic (exact) mass is 330 g/mol. The van der Waals surface area contributed by atoms with E-state index in [1.165, 1.54) is 11.2 Å². The van der Waals surface area contributed by atoms with Crippen LogP contribution in [0.25, 0.3) is 0 Å². The quantitative estimate of drug-likeness (QED) is 0.877. The van der Waals surface area contributed by atoms with E-state index in [0.29, 0.717) is 24.9 Å². The molecule has 0 aliphatic carbocycles. The Morgan fingerprint density at radius 1 is 1.30 bits per heavy atom. The molecule has 0 saturated carbocycles. The van der Waals surface area contributed by atoms with E-state index in [0.717, 1.165) is 0 Å². The number of aromatic amines is 1. The highest BCUT2D eigenvalue weighted by molar-refractivity contribution is 5.31. The third-order valence-corrected chi connectivity index (χ3v) is 3.06. The van der Waals surface area contributed by atoms with Crippen LogP contribution in [0.5, 0.6) is 0 Å². The Morgan fingerprint density at radius 3 is 2.61 bits per heavy atom. The van der Waals surface area contributed by atoms with Crippen molar-refractivity contribution < 1.29 is 17.6 Å². The maximum atomic E-state index is 12.8. The zero-order valence-electron chi connectivity index (χ0n) is 12.7. The molecule has 23 heavy (non-hydrogen) atoms. The summed E-state index contributed by atoms with van der Waals surface area (Å²) >= 11 is 0. The van der Waals surface area contributed by atoms with Gasteiger partial charge in [-0.25, -0.2) is 4.98 Å². The molecule has 2 aromatic heterocycles. The number of nitrogens with one attached hydrogen (secondary N) is 1. The van der Waals surface area contributed by atoms with Crippen LogP contribution < -0.4 is 10.5 Å². The molecule has 0 saturated heterocycles. The van der Waals surface area contributed by atoms with Gasteiger partial charge in [-0.3, -0.25) is 9.78 Å². The highest BCUT2D eigenvalue weighted by Crippen LogP contribution is 2.27. The first-order valence-corrected chi connectivity index (χ1v) is 6.86. The van der Waals surface area contributed by atoms with Crippen molar-refractivity contribution in [3.8, 4) is 0 Å². The fourth-order valence-electron chi connectivity index (χ4n) is 1.91. The molecule has 0 aliphatic rings. The molecule has 0 amide bonds. The molecular weight excluding hydrogens is 313 g/mol. The minimum atomic E-state index is -4.68. The number of furan rings is 1. The minimum Gasteiger partial charge on any atom is -0.467 e. The Balaban J connectivity index is 2.33. The Bertz CT molecular complexity index is 680. The molecule has 0 bridgehead atoms. The van der Waals surface area contributed by atoms with Crippen LogP contribution in [0.1, 0.15) is 11.5 Å². The average molecular weight is 330 g/mol. The maximum Gasteiger partial charge on any atom is 0.433 e. The number of rotatable bonds is 6. The van der Waals surface area contributed by atoms with Gasteiger partial charge in [0.2, 0.25) is 5.95 Å². The molecule has 0 fully saturated rings. The predicted octanol–water partition coefficient (Wildman–Crippen LogP) is 1.95. The molecule has 0 aromatic carbocycles. The van der Waals surface area contributed by atoms with Crippen molar-refractivity contribution in [3.05, 3.63) is 46.3 Å². The van der Waals surface area contributed by atoms with Gasteiger partial charge in [-0.1, -0.05) is 0 Å². The summed E-state index contributed by atoms with van der Waals surface area (Å²) in [5, 5.41) is 0. The zero-order chi connectivity index (χ0) is 17.0. The number of hydrogen-bond acceptors (Lipinski definition) is 5. The van der Waals surface area contributed by atoms with Crippen molar-refractivity contribution in [1.82, 2.24) is 14.9 Å². The van der Waals surface area contributed by atoms with E-state index in [1.807, 2.05) is 19.0 Å². The van der Waals surface area contributed by atoms with E-state index in [4.69, 9.17) is 4.42 Å². The van der Waals surface area contributed by atoms with Crippen LogP contribution in [-0.4, -0.2) is 42.1 Å². The van der Waals surface area contributed by atoms with Crippen molar-refractivity contribution in [1.29, 1.82) is 0 Å². The number of halogens is 3. The third-order valence-electron chi connectivity index (χ3n) is 3.06. The van der Waals surface area contributed by atoms with E-state index in [9.17, 15) is 18.0 Å². The van der Waals surface area contributed by atoms with Crippen molar-refractivity contribution in [2.24, 2.45) is 0 Å². The second-order valence-corrected chi connectivity index (χ2v) is 5.26. The second kappa shape index (κ2) is 6.86. The van der Waals surface area contributed by atoms with Crippen molar-refractivity contribution in [2.75, 3.05) is 32.1 Å². The fraction of sp³-hybridized carbons (Fsp3) is 0.429.